The monoisotopic (exact) mass is 259 g/mol. The fourth-order valence-electron chi connectivity index (χ4n) is 2.48. The van der Waals surface area contributed by atoms with E-state index < -0.39 is 0 Å². The normalized spacial score (nSPS) is 16.0. The summed E-state index contributed by atoms with van der Waals surface area (Å²) >= 11 is 0. The minimum Gasteiger partial charge on any atom is -0.278 e. The van der Waals surface area contributed by atoms with E-state index >= 15 is 0 Å². The molecule has 1 aromatic carbocycles. The molecule has 0 atom stereocenters. The van der Waals surface area contributed by atoms with Gasteiger partial charge < -0.3 is 0 Å². The molecule has 0 radical (unpaired) electrons. The van der Waals surface area contributed by atoms with Crippen molar-refractivity contribution in [2.75, 3.05) is 0 Å². The van der Waals surface area contributed by atoms with Gasteiger partial charge in [-0.1, -0.05) is 18.9 Å². The molecule has 100 valence electrons. The second-order valence-electron chi connectivity index (χ2n) is 5.02. The molecule has 3 rings (SSSR count). The molecule has 1 heterocycles. The number of hydrogen-bond donors (Lipinski definition) is 2. The first-order chi connectivity index (χ1) is 9.31. The van der Waals surface area contributed by atoms with Crippen LogP contribution in [0, 0.1) is 0 Å². The van der Waals surface area contributed by atoms with Gasteiger partial charge in [-0.2, -0.15) is 5.10 Å². The number of amides is 1. The van der Waals surface area contributed by atoms with Gasteiger partial charge in [0, 0.05) is 5.39 Å². The van der Waals surface area contributed by atoms with Crippen molar-refractivity contribution in [3.63, 3.8) is 0 Å². The number of hydroxylamine groups is 1. The topological polar surface area (TPSA) is 67.0 Å². The predicted octanol–water partition coefficient (Wildman–Crippen LogP) is 2.10. The van der Waals surface area contributed by atoms with Crippen molar-refractivity contribution in [1.82, 2.24) is 15.7 Å². The molecule has 1 aromatic heterocycles. The van der Waals surface area contributed by atoms with Gasteiger partial charge in [-0.15, -0.1) is 0 Å². The van der Waals surface area contributed by atoms with Crippen LogP contribution in [0.1, 0.15) is 31.2 Å². The van der Waals surface area contributed by atoms with Gasteiger partial charge in [-0.25, -0.2) is 5.48 Å². The summed E-state index contributed by atoms with van der Waals surface area (Å²) in [5, 5.41) is 7.86. The number of benzene rings is 1. The standard InChI is InChI=1S/C14H17N3O2/c18-14(17-19-12-3-1-2-4-12)8-10-5-6-13-11(7-10)9-15-16-13/h5-7,9,12H,1-4,8H2,(H,15,16)(H,17,18). The Morgan fingerprint density at radius 2 is 2.26 bits per heavy atom. The van der Waals surface area contributed by atoms with E-state index in [1.165, 1.54) is 12.8 Å². The Hall–Kier alpha value is -1.88. The van der Waals surface area contributed by atoms with E-state index in [2.05, 4.69) is 15.7 Å². The average molecular weight is 259 g/mol. The van der Waals surface area contributed by atoms with E-state index in [0.29, 0.717) is 6.42 Å². The Kier molecular flexibility index (Phi) is 3.46. The van der Waals surface area contributed by atoms with Crippen molar-refractivity contribution in [2.45, 2.75) is 38.2 Å². The molecule has 0 unspecified atom stereocenters. The second kappa shape index (κ2) is 5.40. The van der Waals surface area contributed by atoms with Crippen LogP contribution in [0.15, 0.2) is 24.4 Å². The molecule has 19 heavy (non-hydrogen) atoms. The van der Waals surface area contributed by atoms with Crippen molar-refractivity contribution in [3.8, 4) is 0 Å². The number of rotatable bonds is 4. The fraction of sp³-hybridized carbons (Fsp3) is 0.429. The van der Waals surface area contributed by atoms with Crippen LogP contribution in [-0.2, 0) is 16.1 Å². The highest BCUT2D eigenvalue weighted by Gasteiger charge is 2.16. The zero-order chi connectivity index (χ0) is 13.1. The van der Waals surface area contributed by atoms with Crippen molar-refractivity contribution >= 4 is 16.8 Å². The van der Waals surface area contributed by atoms with Gasteiger partial charge in [-0.3, -0.25) is 14.7 Å². The molecule has 2 N–H and O–H groups in total. The molecule has 1 saturated carbocycles. The van der Waals surface area contributed by atoms with Crippen LogP contribution < -0.4 is 5.48 Å². The predicted molar refractivity (Wildman–Crippen MR) is 71.3 cm³/mol. The highest BCUT2D eigenvalue weighted by atomic mass is 16.7. The Bertz CT molecular complexity index is 573. The zero-order valence-electron chi connectivity index (χ0n) is 10.7. The lowest BCUT2D eigenvalue weighted by Gasteiger charge is -2.11. The Morgan fingerprint density at radius 1 is 1.42 bits per heavy atom. The van der Waals surface area contributed by atoms with Crippen LogP contribution in [-0.4, -0.2) is 22.2 Å². The van der Waals surface area contributed by atoms with Crippen molar-refractivity contribution < 1.29 is 9.63 Å². The summed E-state index contributed by atoms with van der Waals surface area (Å²) in [6.45, 7) is 0. The van der Waals surface area contributed by atoms with E-state index in [9.17, 15) is 4.79 Å². The summed E-state index contributed by atoms with van der Waals surface area (Å²) in [5.41, 5.74) is 4.49. The van der Waals surface area contributed by atoms with Gasteiger partial charge >= 0.3 is 0 Å². The van der Waals surface area contributed by atoms with E-state index in [4.69, 9.17) is 4.84 Å². The van der Waals surface area contributed by atoms with Crippen LogP contribution in [0.5, 0.6) is 0 Å². The molecule has 0 aliphatic heterocycles. The molecule has 0 saturated heterocycles. The van der Waals surface area contributed by atoms with Gasteiger partial charge in [0.2, 0.25) is 5.91 Å². The Labute approximate surface area is 111 Å². The zero-order valence-corrected chi connectivity index (χ0v) is 10.7. The number of nitrogens with zero attached hydrogens (tertiary/aromatic N) is 1. The van der Waals surface area contributed by atoms with E-state index in [-0.39, 0.29) is 12.0 Å². The van der Waals surface area contributed by atoms with Gasteiger partial charge in [0.1, 0.15) is 0 Å². The molecule has 1 fully saturated rings. The quantitative estimate of drug-likeness (QED) is 0.826. The average Bonchev–Trinajstić information content (AvgIpc) is 3.07. The van der Waals surface area contributed by atoms with E-state index in [1.54, 1.807) is 6.20 Å². The largest absolute Gasteiger partial charge is 0.278 e. The van der Waals surface area contributed by atoms with Gasteiger partial charge in [0.25, 0.3) is 0 Å². The van der Waals surface area contributed by atoms with Crippen molar-refractivity contribution in [3.05, 3.63) is 30.0 Å². The molecule has 0 bridgehead atoms. The van der Waals surface area contributed by atoms with E-state index in [0.717, 1.165) is 29.3 Å². The van der Waals surface area contributed by atoms with Gasteiger partial charge in [0.15, 0.2) is 0 Å². The van der Waals surface area contributed by atoms with Gasteiger partial charge in [0.05, 0.1) is 24.2 Å². The number of aromatic nitrogens is 2. The third-order valence-electron chi connectivity index (χ3n) is 3.51. The van der Waals surface area contributed by atoms with Crippen molar-refractivity contribution in [1.29, 1.82) is 0 Å². The summed E-state index contributed by atoms with van der Waals surface area (Å²) in [4.78, 5) is 17.2. The number of fused-ring (bicyclic) bond motifs is 1. The minimum atomic E-state index is -0.102. The lowest BCUT2D eigenvalue weighted by atomic mass is 10.1. The van der Waals surface area contributed by atoms with Crippen molar-refractivity contribution in [2.24, 2.45) is 0 Å². The van der Waals surface area contributed by atoms with E-state index in [1.807, 2.05) is 18.2 Å². The first-order valence-corrected chi connectivity index (χ1v) is 6.68. The molecule has 1 aliphatic rings. The van der Waals surface area contributed by atoms with Crippen LogP contribution in [0.4, 0.5) is 0 Å². The molecule has 1 aliphatic carbocycles. The Balaban J connectivity index is 1.55. The third kappa shape index (κ3) is 2.93. The summed E-state index contributed by atoms with van der Waals surface area (Å²) in [6.07, 6.45) is 6.75. The number of carbonyl (C=O) groups excluding carboxylic acids is 1. The summed E-state index contributed by atoms with van der Waals surface area (Å²) in [7, 11) is 0. The van der Waals surface area contributed by atoms with Gasteiger partial charge in [-0.05, 0) is 30.5 Å². The highest BCUT2D eigenvalue weighted by molar-refractivity contribution is 5.82. The Morgan fingerprint density at radius 3 is 3.11 bits per heavy atom. The number of hydrogen-bond acceptors (Lipinski definition) is 3. The molecule has 5 nitrogen and oxygen atoms in total. The molecule has 0 spiro atoms. The first kappa shape index (κ1) is 12.2. The molecule has 5 heteroatoms. The fourth-order valence-corrected chi connectivity index (χ4v) is 2.48. The molecule has 2 aromatic rings. The SMILES string of the molecule is O=C(Cc1ccc2[nH]ncc2c1)NOC1CCCC1. The minimum absolute atomic E-state index is 0.102. The highest BCUT2D eigenvalue weighted by Crippen LogP contribution is 2.20. The van der Waals surface area contributed by atoms with Crippen LogP contribution >= 0.6 is 0 Å². The number of carbonyl (C=O) groups is 1. The smallest absolute Gasteiger partial charge is 0.247 e. The summed E-state index contributed by atoms with van der Waals surface area (Å²) in [6, 6.07) is 5.83. The maximum Gasteiger partial charge on any atom is 0.247 e. The maximum absolute atomic E-state index is 11.8. The number of nitrogens with one attached hydrogen (secondary N) is 2. The summed E-state index contributed by atoms with van der Waals surface area (Å²) in [5.74, 6) is -0.102. The lowest BCUT2D eigenvalue weighted by molar-refractivity contribution is -0.137. The second-order valence-corrected chi connectivity index (χ2v) is 5.02. The van der Waals surface area contributed by atoms with Crippen LogP contribution in [0.25, 0.3) is 10.9 Å². The molecule has 1 amide bonds. The summed E-state index contributed by atoms with van der Waals surface area (Å²) < 4.78 is 0. The van der Waals surface area contributed by atoms with Crippen LogP contribution in [0.3, 0.4) is 0 Å². The first-order valence-electron chi connectivity index (χ1n) is 6.68. The maximum atomic E-state index is 11.8. The molecular formula is C14H17N3O2. The number of H-pyrrole nitrogens is 1. The lowest BCUT2D eigenvalue weighted by Crippen LogP contribution is -2.29. The molecular weight excluding hydrogens is 242 g/mol. The third-order valence-corrected chi connectivity index (χ3v) is 3.51. The number of aromatic amines is 1. The van der Waals surface area contributed by atoms with Crippen LogP contribution in [0.2, 0.25) is 0 Å².